The second-order valence-corrected chi connectivity index (χ2v) is 7.68. The second kappa shape index (κ2) is 5.98. The third-order valence-corrected chi connectivity index (χ3v) is 5.83. The van der Waals surface area contributed by atoms with Crippen LogP contribution in [0.5, 0.6) is 0 Å². The van der Waals surface area contributed by atoms with Gasteiger partial charge in [0.2, 0.25) is 15.9 Å². The van der Waals surface area contributed by atoms with E-state index in [0.717, 1.165) is 37.1 Å². The zero-order valence-corrected chi connectivity index (χ0v) is 13.4. The normalized spacial score (nSPS) is 21.1. The van der Waals surface area contributed by atoms with Crippen molar-refractivity contribution in [1.82, 2.24) is 10.0 Å². The Morgan fingerprint density at radius 1 is 1.45 bits per heavy atom. The number of carbonyl (C=O) groups excluding carboxylic acids is 1. The third kappa shape index (κ3) is 2.88. The summed E-state index contributed by atoms with van der Waals surface area (Å²) in [5, 5.41) is 3.33. The number of anilines is 1. The van der Waals surface area contributed by atoms with E-state index < -0.39 is 10.0 Å². The highest BCUT2D eigenvalue weighted by Gasteiger charge is 2.28. The maximum absolute atomic E-state index is 12.5. The van der Waals surface area contributed by atoms with Gasteiger partial charge in [0, 0.05) is 24.7 Å². The number of fused-ring (bicyclic) bond motifs is 1. The van der Waals surface area contributed by atoms with Gasteiger partial charge in [-0.3, -0.25) is 4.79 Å². The predicted molar refractivity (Wildman–Crippen MR) is 84.4 cm³/mol. The minimum absolute atomic E-state index is 0.0668. The van der Waals surface area contributed by atoms with Gasteiger partial charge in [0.15, 0.2) is 0 Å². The highest BCUT2D eigenvalue weighted by atomic mass is 32.2. The molecule has 1 fully saturated rings. The third-order valence-electron chi connectivity index (χ3n) is 4.42. The Labute approximate surface area is 130 Å². The highest BCUT2D eigenvalue weighted by Crippen LogP contribution is 2.31. The van der Waals surface area contributed by atoms with Crippen molar-refractivity contribution >= 4 is 21.6 Å². The minimum Gasteiger partial charge on any atom is -0.313 e. The lowest BCUT2D eigenvalue weighted by Gasteiger charge is -2.20. The molecule has 1 amide bonds. The van der Waals surface area contributed by atoms with Gasteiger partial charge in [-0.1, -0.05) is 6.07 Å². The smallest absolute Gasteiger partial charge is 0.240 e. The van der Waals surface area contributed by atoms with Crippen LogP contribution in [0.1, 0.15) is 24.8 Å². The fraction of sp³-hybridized carbons (Fsp3) is 0.533. The van der Waals surface area contributed by atoms with Crippen LogP contribution in [-0.2, 0) is 21.2 Å². The molecule has 2 aliphatic heterocycles. The molecule has 3 rings (SSSR count). The van der Waals surface area contributed by atoms with Crippen molar-refractivity contribution in [3.8, 4) is 0 Å². The summed E-state index contributed by atoms with van der Waals surface area (Å²) in [6.07, 6.45) is 3.39. The zero-order chi connectivity index (χ0) is 15.7. The molecule has 1 unspecified atom stereocenters. The largest absolute Gasteiger partial charge is 0.313 e. The van der Waals surface area contributed by atoms with Gasteiger partial charge in [-0.15, -0.1) is 0 Å². The number of carbonyl (C=O) groups is 1. The molecule has 2 N–H and O–H groups in total. The van der Waals surface area contributed by atoms with E-state index in [1.54, 1.807) is 23.1 Å². The first kappa shape index (κ1) is 15.5. The van der Waals surface area contributed by atoms with E-state index >= 15 is 0 Å². The molecule has 2 aliphatic rings. The first-order valence-corrected chi connectivity index (χ1v) is 9.10. The molecule has 0 aliphatic carbocycles. The Kier molecular flexibility index (Phi) is 4.20. The number of amides is 1. The van der Waals surface area contributed by atoms with E-state index in [1.807, 2.05) is 0 Å². The first-order valence-electron chi connectivity index (χ1n) is 7.61. The maximum Gasteiger partial charge on any atom is 0.240 e. The molecule has 22 heavy (non-hydrogen) atoms. The van der Waals surface area contributed by atoms with Gasteiger partial charge in [-0.25, -0.2) is 13.1 Å². The van der Waals surface area contributed by atoms with Gasteiger partial charge in [0.05, 0.1) is 4.90 Å². The molecule has 7 heteroatoms. The topological polar surface area (TPSA) is 78.5 Å². The van der Waals surface area contributed by atoms with Crippen molar-refractivity contribution < 1.29 is 13.2 Å². The van der Waals surface area contributed by atoms with Crippen LogP contribution in [0.2, 0.25) is 0 Å². The summed E-state index contributed by atoms with van der Waals surface area (Å²) in [6, 6.07) is 5.26. The minimum atomic E-state index is -3.49. The zero-order valence-electron chi connectivity index (χ0n) is 12.6. The van der Waals surface area contributed by atoms with Crippen LogP contribution in [0.3, 0.4) is 0 Å². The summed E-state index contributed by atoms with van der Waals surface area (Å²) in [4.78, 5) is 14.4. The molecule has 120 valence electrons. The summed E-state index contributed by atoms with van der Waals surface area (Å²) in [7, 11) is -2.11. The average molecular weight is 323 g/mol. The van der Waals surface area contributed by atoms with Crippen molar-refractivity contribution in [2.45, 2.75) is 36.6 Å². The second-order valence-electron chi connectivity index (χ2n) is 5.79. The molecule has 2 heterocycles. The number of rotatable bonds is 4. The summed E-state index contributed by atoms with van der Waals surface area (Å²) < 4.78 is 26.2. The number of benzene rings is 1. The number of nitrogens with zero attached hydrogens (tertiary/aromatic N) is 1. The van der Waals surface area contributed by atoms with Crippen LogP contribution in [0, 0.1) is 0 Å². The van der Waals surface area contributed by atoms with Crippen molar-refractivity contribution in [3.05, 3.63) is 23.8 Å². The van der Waals surface area contributed by atoms with Crippen LogP contribution in [0.4, 0.5) is 5.69 Å². The molecule has 0 spiro atoms. The molecule has 1 atom stereocenters. The summed E-state index contributed by atoms with van der Waals surface area (Å²) >= 11 is 0. The monoisotopic (exact) mass is 323 g/mol. The summed E-state index contributed by atoms with van der Waals surface area (Å²) in [6.45, 7) is 1.60. The molecule has 0 radical (unpaired) electrons. The molecule has 0 aromatic heterocycles. The lowest BCUT2D eigenvalue weighted by molar-refractivity contribution is -0.118. The predicted octanol–water partition coefficient (Wildman–Crippen LogP) is 0.626. The van der Waals surface area contributed by atoms with E-state index in [0.29, 0.717) is 13.0 Å². The Morgan fingerprint density at radius 3 is 2.95 bits per heavy atom. The van der Waals surface area contributed by atoms with Gasteiger partial charge >= 0.3 is 0 Å². The van der Waals surface area contributed by atoms with Crippen LogP contribution in [-0.4, -0.2) is 40.5 Å². The molecular weight excluding hydrogens is 302 g/mol. The van der Waals surface area contributed by atoms with Gasteiger partial charge in [-0.2, -0.15) is 0 Å². The van der Waals surface area contributed by atoms with Gasteiger partial charge in [-0.05, 0) is 50.6 Å². The van der Waals surface area contributed by atoms with E-state index in [-0.39, 0.29) is 16.8 Å². The van der Waals surface area contributed by atoms with E-state index in [2.05, 4.69) is 10.0 Å². The van der Waals surface area contributed by atoms with E-state index in [1.165, 1.54) is 7.05 Å². The van der Waals surface area contributed by atoms with Crippen molar-refractivity contribution in [2.24, 2.45) is 0 Å². The number of nitrogens with one attached hydrogen (secondary N) is 2. The van der Waals surface area contributed by atoms with Crippen molar-refractivity contribution in [2.75, 3.05) is 25.0 Å². The lowest BCUT2D eigenvalue weighted by atomic mass is 10.1. The van der Waals surface area contributed by atoms with Gasteiger partial charge < -0.3 is 10.2 Å². The van der Waals surface area contributed by atoms with Crippen LogP contribution < -0.4 is 14.9 Å². The van der Waals surface area contributed by atoms with Crippen LogP contribution in [0.15, 0.2) is 23.1 Å². The van der Waals surface area contributed by atoms with Crippen molar-refractivity contribution in [1.29, 1.82) is 0 Å². The Bertz CT molecular complexity index is 681. The van der Waals surface area contributed by atoms with Crippen LogP contribution in [0.25, 0.3) is 0 Å². The lowest BCUT2D eigenvalue weighted by Crippen LogP contribution is -2.35. The quantitative estimate of drug-likeness (QED) is 0.852. The first-order chi connectivity index (χ1) is 10.5. The summed E-state index contributed by atoms with van der Waals surface area (Å²) in [5.41, 5.74) is 1.77. The summed E-state index contributed by atoms with van der Waals surface area (Å²) in [5.74, 6) is 0.0668. The molecule has 6 nitrogen and oxygen atoms in total. The SMILES string of the molecule is CNS(=O)(=O)c1ccc2c(c1)N(C(=O)CC1CCCN1)CC2. The number of hydrogen-bond donors (Lipinski definition) is 2. The fourth-order valence-electron chi connectivity index (χ4n) is 3.16. The molecule has 1 aromatic rings. The number of sulfonamides is 1. The highest BCUT2D eigenvalue weighted by molar-refractivity contribution is 7.89. The molecule has 1 saturated heterocycles. The molecular formula is C15H21N3O3S. The fourth-order valence-corrected chi connectivity index (χ4v) is 3.90. The molecule has 0 saturated carbocycles. The van der Waals surface area contributed by atoms with Gasteiger partial charge in [0.25, 0.3) is 0 Å². The average Bonchev–Trinajstić information content (AvgIpc) is 3.15. The van der Waals surface area contributed by atoms with E-state index in [9.17, 15) is 13.2 Å². The molecule has 1 aromatic carbocycles. The van der Waals surface area contributed by atoms with Crippen LogP contribution >= 0.6 is 0 Å². The van der Waals surface area contributed by atoms with Crippen molar-refractivity contribution in [3.63, 3.8) is 0 Å². The Hall–Kier alpha value is -1.44. The Balaban J connectivity index is 1.83. The van der Waals surface area contributed by atoms with Gasteiger partial charge in [0.1, 0.15) is 0 Å². The Morgan fingerprint density at radius 2 is 2.27 bits per heavy atom. The molecule has 0 bridgehead atoms. The van der Waals surface area contributed by atoms with E-state index in [4.69, 9.17) is 0 Å². The maximum atomic E-state index is 12.5. The number of hydrogen-bond acceptors (Lipinski definition) is 4. The standard InChI is InChI=1S/C15H21N3O3S/c1-16-22(20,21)13-5-4-11-6-8-18(14(11)10-13)15(19)9-12-3-2-7-17-12/h4-5,10,12,16-17H,2-3,6-9H2,1H3.